The average Bonchev–Trinajstić information content (AvgIpc) is 2.99. The van der Waals surface area contributed by atoms with E-state index >= 15 is 0 Å². The second-order valence-electron chi connectivity index (χ2n) is 10.1. The number of hydrogen-bond donors (Lipinski definition) is 3. The number of hydrogen-bond acceptors (Lipinski definition) is 8. The fourth-order valence-electron chi connectivity index (χ4n) is 4.22. The molecule has 0 aliphatic heterocycles. The van der Waals surface area contributed by atoms with Crippen LogP contribution in [0.3, 0.4) is 0 Å². The molecule has 0 bridgehead atoms. The topological polar surface area (TPSA) is 143 Å². The summed E-state index contributed by atoms with van der Waals surface area (Å²) in [5, 5.41) is 9.15. The number of aromatic carboxylic acids is 1. The van der Waals surface area contributed by atoms with Crippen molar-refractivity contribution < 1.29 is 55.6 Å². The third-order valence-corrected chi connectivity index (χ3v) is 6.64. The van der Waals surface area contributed by atoms with Crippen molar-refractivity contribution in [3.05, 3.63) is 82.9 Å². The molecule has 0 fully saturated rings. The van der Waals surface area contributed by atoms with Gasteiger partial charge in [-0.05, 0) is 66.9 Å². The highest BCUT2D eigenvalue weighted by Crippen LogP contribution is 2.37. The van der Waals surface area contributed by atoms with Crippen molar-refractivity contribution in [2.75, 3.05) is 25.2 Å². The molecule has 0 aliphatic rings. The van der Waals surface area contributed by atoms with Crippen LogP contribution in [-0.4, -0.2) is 43.0 Å². The van der Waals surface area contributed by atoms with Gasteiger partial charge in [0.2, 0.25) is 0 Å². The maximum absolute atomic E-state index is 14.9. The van der Waals surface area contributed by atoms with Crippen molar-refractivity contribution in [1.82, 2.24) is 0 Å². The molecule has 1 atom stereocenters. The maximum Gasteiger partial charge on any atom is 0.426 e. The van der Waals surface area contributed by atoms with Crippen LogP contribution in [0.2, 0.25) is 0 Å². The lowest BCUT2D eigenvalue weighted by Crippen LogP contribution is -2.22. The van der Waals surface area contributed by atoms with E-state index in [0.717, 1.165) is 24.3 Å². The number of nitrogens with two attached hydrogens (primary N) is 2. The molecular formula is C32H33F5N2O7. The first kappa shape index (κ1) is 35.5. The largest absolute Gasteiger partial charge is 0.493 e. The number of carbonyl (C=O) groups is 2. The number of nitrogen functional groups attached to an aromatic ring is 2. The lowest BCUT2D eigenvalue weighted by molar-refractivity contribution is -0.185. The summed E-state index contributed by atoms with van der Waals surface area (Å²) in [5.41, 5.74) is 12.6. The number of esters is 1. The molecule has 1 unspecified atom stereocenters. The Morgan fingerprint density at radius 3 is 2.17 bits per heavy atom. The number of benzene rings is 3. The first-order valence-electron chi connectivity index (χ1n) is 14.0. The Bertz CT molecular complexity index is 1520. The maximum atomic E-state index is 14.9. The third kappa shape index (κ3) is 10.3. The van der Waals surface area contributed by atoms with Crippen LogP contribution in [0, 0.1) is 0 Å². The van der Waals surface area contributed by atoms with Crippen LogP contribution in [0.15, 0.2) is 60.7 Å². The molecule has 0 aliphatic carbocycles. The Balaban J connectivity index is 1.59. The molecule has 3 aromatic carbocycles. The zero-order valence-electron chi connectivity index (χ0n) is 24.9. The van der Waals surface area contributed by atoms with Gasteiger partial charge in [-0.1, -0.05) is 19.1 Å². The molecule has 0 heterocycles. The number of carbonyl (C=O) groups excluding carboxylic acids is 1. The molecule has 248 valence electrons. The zero-order valence-corrected chi connectivity index (χ0v) is 24.9. The third-order valence-electron chi connectivity index (χ3n) is 6.64. The summed E-state index contributed by atoms with van der Waals surface area (Å²) in [6.07, 6.45) is -6.94. The molecule has 3 aromatic rings. The molecule has 0 saturated heterocycles. The summed E-state index contributed by atoms with van der Waals surface area (Å²) in [6, 6.07) is 11.1. The Kier molecular flexibility index (Phi) is 11.8. The summed E-state index contributed by atoms with van der Waals surface area (Å²) in [6.45, 7) is 1.50. The van der Waals surface area contributed by atoms with Gasteiger partial charge in [0.05, 0.1) is 24.8 Å². The van der Waals surface area contributed by atoms with E-state index in [1.165, 1.54) is 49.6 Å². The van der Waals surface area contributed by atoms with Gasteiger partial charge in [-0.2, -0.15) is 22.0 Å². The van der Waals surface area contributed by atoms with E-state index < -0.39 is 42.3 Å². The number of carboxylic acids is 1. The van der Waals surface area contributed by atoms with Crippen LogP contribution in [0.25, 0.3) is 6.08 Å². The van der Waals surface area contributed by atoms with Gasteiger partial charge in [0.15, 0.2) is 11.5 Å². The van der Waals surface area contributed by atoms with Crippen LogP contribution in [0.5, 0.6) is 17.2 Å². The number of methoxy groups -OCH3 is 1. The summed E-state index contributed by atoms with van der Waals surface area (Å²) in [5.74, 6) is -2.14. The van der Waals surface area contributed by atoms with Crippen LogP contribution < -0.4 is 25.7 Å². The zero-order chi connectivity index (χ0) is 34.1. The predicted octanol–water partition coefficient (Wildman–Crippen LogP) is 6.99. The molecule has 5 N–H and O–H groups in total. The normalized spacial score (nSPS) is 12.5. The van der Waals surface area contributed by atoms with Crippen molar-refractivity contribution in [3.8, 4) is 17.2 Å². The smallest absolute Gasteiger partial charge is 0.426 e. The molecule has 0 saturated carbocycles. The van der Waals surface area contributed by atoms with Crippen molar-refractivity contribution in [2.24, 2.45) is 0 Å². The molecule has 0 radical (unpaired) electrons. The Labute approximate surface area is 261 Å². The lowest BCUT2D eigenvalue weighted by Gasteiger charge is -2.20. The molecule has 14 heteroatoms. The Morgan fingerprint density at radius 1 is 0.957 bits per heavy atom. The molecular weight excluding hydrogens is 619 g/mol. The van der Waals surface area contributed by atoms with Crippen molar-refractivity contribution >= 4 is 29.4 Å². The van der Waals surface area contributed by atoms with E-state index in [-0.39, 0.29) is 53.6 Å². The van der Waals surface area contributed by atoms with Gasteiger partial charge in [-0.15, -0.1) is 0 Å². The fraction of sp³-hybridized carbons (Fsp3) is 0.312. The quantitative estimate of drug-likeness (QED) is 0.0521. The molecule has 0 spiro atoms. The second kappa shape index (κ2) is 15.3. The van der Waals surface area contributed by atoms with Gasteiger partial charge in [0.25, 0.3) is 0 Å². The van der Waals surface area contributed by atoms with Gasteiger partial charge in [-0.25, -0.2) is 9.59 Å². The number of anilines is 2. The van der Waals surface area contributed by atoms with Crippen molar-refractivity contribution in [1.29, 1.82) is 0 Å². The van der Waals surface area contributed by atoms with Crippen molar-refractivity contribution in [3.63, 3.8) is 0 Å². The average molecular weight is 653 g/mol. The number of ether oxygens (including phenoxy) is 4. The minimum Gasteiger partial charge on any atom is -0.493 e. The van der Waals surface area contributed by atoms with Gasteiger partial charge in [-0.3, -0.25) is 0 Å². The van der Waals surface area contributed by atoms with E-state index in [9.17, 15) is 31.5 Å². The second-order valence-corrected chi connectivity index (χ2v) is 10.1. The minimum absolute atomic E-state index is 0.00630. The summed E-state index contributed by atoms with van der Waals surface area (Å²) >= 11 is 0. The lowest BCUT2D eigenvalue weighted by atomic mass is 10.00. The number of rotatable bonds is 15. The van der Waals surface area contributed by atoms with Crippen LogP contribution >= 0.6 is 0 Å². The predicted molar refractivity (Wildman–Crippen MR) is 160 cm³/mol. The first-order valence-corrected chi connectivity index (χ1v) is 14.0. The fourth-order valence-corrected chi connectivity index (χ4v) is 4.22. The van der Waals surface area contributed by atoms with Crippen LogP contribution in [0.4, 0.5) is 33.3 Å². The summed E-state index contributed by atoms with van der Waals surface area (Å²) in [7, 11) is 1.21. The highest BCUT2D eigenvalue weighted by molar-refractivity contribution is 5.91. The molecule has 9 nitrogen and oxygen atoms in total. The minimum atomic E-state index is -4.33. The molecule has 46 heavy (non-hydrogen) atoms. The SMILES string of the molecule is CCC(Cc1c(N)cc(C(=O)O)cc1N)OC(=O)C=Cc1ccc(OC(F)(F)c2ccc(OCCCC(F)(F)F)c(OC)c2)cc1. The summed E-state index contributed by atoms with van der Waals surface area (Å²) < 4.78 is 87.5. The van der Waals surface area contributed by atoms with E-state index in [2.05, 4.69) is 0 Å². The van der Waals surface area contributed by atoms with E-state index in [0.29, 0.717) is 17.5 Å². The van der Waals surface area contributed by atoms with Gasteiger partial charge >= 0.3 is 24.2 Å². The highest BCUT2D eigenvalue weighted by Gasteiger charge is 2.35. The highest BCUT2D eigenvalue weighted by atomic mass is 19.4. The summed E-state index contributed by atoms with van der Waals surface area (Å²) in [4.78, 5) is 23.6. The Hall–Kier alpha value is -5.01. The number of carboxylic acid groups (broad SMARTS) is 1. The van der Waals surface area contributed by atoms with Crippen LogP contribution in [0.1, 0.15) is 53.2 Å². The number of halogens is 5. The van der Waals surface area contributed by atoms with Crippen molar-refractivity contribution in [2.45, 2.75) is 51.0 Å². The molecule has 0 amide bonds. The van der Waals surface area contributed by atoms with Crippen LogP contribution in [-0.2, 0) is 22.1 Å². The first-order chi connectivity index (χ1) is 21.6. The Morgan fingerprint density at radius 2 is 1.61 bits per heavy atom. The van der Waals surface area contributed by atoms with Gasteiger partial charge < -0.3 is 35.5 Å². The number of alkyl halides is 5. The van der Waals surface area contributed by atoms with Gasteiger partial charge in [0.1, 0.15) is 11.9 Å². The monoisotopic (exact) mass is 652 g/mol. The standard InChI is InChI=1S/C32H33F5N2O7/c1-3-22(18-24-25(38)15-20(30(41)42)16-26(24)39)45-29(40)12-7-19-5-9-23(10-6-19)46-32(36,37)21-8-11-27(28(17-21)43-2)44-14-4-13-31(33,34)35/h5-12,15-17,22H,3-4,13-14,18,38-39H2,1-2H3,(H,41,42). The molecule has 3 rings (SSSR count). The van der Waals surface area contributed by atoms with E-state index in [1.807, 2.05) is 0 Å². The molecule has 0 aromatic heterocycles. The van der Waals surface area contributed by atoms with E-state index in [1.54, 1.807) is 6.92 Å². The van der Waals surface area contributed by atoms with E-state index in [4.69, 9.17) is 35.5 Å². The van der Waals surface area contributed by atoms with Gasteiger partial charge in [0, 0.05) is 35.9 Å².